The lowest BCUT2D eigenvalue weighted by atomic mass is 10.2. The van der Waals surface area contributed by atoms with Crippen LogP contribution in [0.15, 0.2) is 9.52 Å². The molecule has 7 nitrogen and oxygen atoms in total. The molecule has 0 aliphatic carbocycles. The third kappa shape index (κ3) is 4.19. The predicted molar refractivity (Wildman–Crippen MR) is 86.7 cm³/mol. The summed E-state index contributed by atoms with van der Waals surface area (Å²) in [5.41, 5.74) is 0. The third-order valence-corrected chi connectivity index (χ3v) is 4.07. The van der Waals surface area contributed by atoms with E-state index in [4.69, 9.17) is 4.52 Å². The molecule has 0 spiro atoms. The first kappa shape index (κ1) is 16.7. The van der Waals surface area contributed by atoms with E-state index in [1.165, 1.54) is 6.42 Å². The van der Waals surface area contributed by atoms with E-state index in [2.05, 4.69) is 51.0 Å². The molecular formula is C15H28N6O. The fourth-order valence-electron chi connectivity index (χ4n) is 2.95. The Balaban J connectivity index is 1.99. The van der Waals surface area contributed by atoms with E-state index in [9.17, 15) is 0 Å². The van der Waals surface area contributed by atoms with Crippen LogP contribution in [0, 0.1) is 6.92 Å². The fourth-order valence-corrected chi connectivity index (χ4v) is 2.95. The summed E-state index contributed by atoms with van der Waals surface area (Å²) in [5.74, 6) is 2.16. The van der Waals surface area contributed by atoms with E-state index < -0.39 is 0 Å². The Morgan fingerprint density at radius 2 is 2.18 bits per heavy atom. The van der Waals surface area contributed by atoms with Crippen LogP contribution >= 0.6 is 0 Å². The summed E-state index contributed by atoms with van der Waals surface area (Å²) in [6.45, 7) is 13.9. The molecule has 1 unspecified atom stereocenters. The number of aromatic nitrogens is 2. The molecule has 22 heavy (non-hydrogen) atoms. The monoisotopic (exact) mass is 308 g/mol. The van der Waals surface area contributed by atoms with E-state index in [1.54, 1.807) is 6.92 Å². The van der Waals surface area contributed by atoms with Crippen molar-refractivity contribution in [1.29, 1.82) is 0 Å². The Kier molecular flexibility index (Phi) is 6.18. The molecule has 0 aromatic carbocycles. The normalized spacial score (nSPS) is 19.2. The maximum atomic E-state index is 4.99. The van der Waals surface area contributed by atoms with E-state index in [0.717, 1.165) is 38.7 Å². The van der Waals surface area contributed by atoms with Gasteiger partial charge in [0.1, 0.15) is 6.54 Å². The van der Waals surface area contributed by atoms with Crippen molar-refractivity contribution in [2.24, 2.45) is 4.99 Å². The Morgan fingerprint density at radius 1 is 1.41 bits per heavy atom. The summed E-state index contributed by atoms with van der Waals surface area (Å²) >= 11 is 0. The Labute approximate surface area is 132 Å². The van der Waals surface area contributed by atoms with Crippen molar-refractivity contribution in [3.8, 4) is 0 Å². The highest BCUT2D eigenvalue weighted by Gasteiger charge is 2.28. The Morgan fingerprint density at radius 3 is 2.77 bits per heavy atom. The average Bonchev–Trinajstić information content (AvgIpc) is 3.14. The predicted octanol–water partition coefficient (Wildman–Crippen LogP) is 1.26. The van der Waals surface area contributed by atoms with E-state index in [-0.39, 0.29) is 0 Å². The van der Waals surface area contributed by atoms with Gasteiger partial charge in [0.25, 0.3) is 0 Å². The highest BCUT2D eigenvalue weighted by atomic mass is 16.5. The summed E-state index contributed by atoms with van der Waals surface area (Å²) in [4.78, 5) is 13.7. The molecule has 1 fully saturated rings. The molecule has 1 aromatic rings. The van der Waals surface area contributed by atoms with Crippen molar-refractivity contribution in [2.75, 3.05) is 32.7 Å². The number of aliphatic imine (C=N–C) groups is 1. The second-order valence-corrected chi connectivity index (χ2v) is 5.51. The molecule has 0 amide bonds. The molecule has 0 bridgehead atoms. The van der Waals surface area contributed by atoms with Gasteiger partial charge in [-0.1, -0.05) is 19.0 Å². The van der Waals surface area contributed by atoms with Gasteiger partial charge in [-0.25, -0.2) is 4.99 Å². The molecule has 1 aromatic heterocycles. The van der Waals surface area contributed by atoms with Gasteiger partial charge in [-0.3, -0.25) is 4.90 Å². The molecule has 1 aliphatic rings. The summed E-state index contributed by atoms with van der Waals surface area (Å²) in [5, 5.41) is 7.26. The zero-order valence-electron chi connectivity index (χ0n) is 14.2. The van der Waals surface area contributed by atoms with Crippen molar-refractivity contribution >= 4 is 5.96 Å². The molecule has 2 rings (SSSR count). The van der Waals surface area contributed by atoms with E-state index in [0.29, 0.717) is 24.3 Å². The Bertz CT molecular complexity index is 482. The van der Waals surface area contributed by atoms with Crippen LogP contribution in [0.25, 0.3) is 0 Å². The number of likely N-dealkylation sites (tertiary alicyclic amines) is 1. The molecule has 7 heteroatoms. The van der Waals surface area contributed by atoms with E-state index in [1.807, 2.05) is 0 Å². The van der Waals surface area contributed by atoms with Gasteiger partial charge < -0.3 is 14.7 Å². The molecule has 1 aliphatic heterocycles. The molecular weight excluding hydrogens is 280 g/mol. The average molecular weight is 308 g/mol. The van der Waals surface area contributed by atoms with Crippen molar-refractivity contribution in [3.05, 3.63) is 11.7 Å². The minimum atomic E-state index is 0.451. The first-order valence-corrected chi connectivity index (χ1v) is 8.24. The number of guanidine groups is 1. The molecule has 1 atom stereocenters. The van der Waals surface area contributed by atoms with Gasteiger partial charge in [0.05, 0.1) is 0 Å². The third-order valence-electron chi connectivity index (χ3n) is 4.07. The first-order valence-electron chi connectivity index (χ1n) is 8.24. The van der Waals surface area contributed by atoms with Crippen LogP contribution in [0.4, 0.5) is 0 Å². The zero-order chi connectivity index (χ0) is 15.9. The molecule has 124 valence electrons. The van der Waals surface area contributed by atoms with Crippen LogP contribution in [-0.2, 0) is 6.54 Å². The minimum Gasteiger partial charge on any atom is -0.357 e. The molecule has 2 heterocycles. The molecule has 0 radical (unpaired) electrons. The lowest BCUT2D eigenvalue weighted by Crippen LogP contribution is -2.43. The smallest absolute Gasteiger partial charge is 0.223 e. The number of aryl methyl sites for hydroxylation is 1. The molecule has 1 N–H and O–H groups in total. The lowest BCUT2D eigenvalue weighted by Gasteiger charge is -2.27. The van der Waals surface area contributed by atoms with E-state index >= 15 is 0 Å². The van der Waals surface area contributed by atoms with Crippen LogP contribution in [0.5, 0.6) is 0 Å². The Hall–Kier alpha value is -1.63. The topological polar surface area (TPSA) is 69.8 Å². The minimum absolute atomic E-state index is 0.451. The van der Waals surface area contributed by atoms with Crippen LogP contribution in [-0.4, -0.2) is 64.7 Å². The van der Waals surface area contributed by atoms with Gasteiger partial charge >= 0.3 is 0 Å². The van der Waals surface area contributed by atoms with Crippen molar-refractivity contribution in [1.82, 2.24) is 25.3 Å². The second-order valence-electron chi connectivity index (χ2n) is 5.51. The van der Waals surface area contributed by atoms with Gasteiger partial charge in [-0.05, 0) is 26.4 Å². The lowest BCUT2D eigenvalue weighted by molar-refractivity contribution is 0.223. The summed E-state index contributed by atoms with van der Waals surface area (Å²) in [7, 11) is 0. The van der Waals surface area contributed by atoms with Gasteiger partial charge in [0, 0.05) is 32.6 Å². The van der Waals surface area contributed by atoms with Gasteiger partial charge in [-0.2, -0.15) is 4.98 Å². The molecule has 1 saturated heterocycles. The quantitative estimate of drug-likeness (QED) is 0.630. The fraction of sp³-hybridized carbons (Fsp3) is 0.800. The van der Waals surface area contributed by atoms with Crippen LogP contribution in [0.3, 0.4) is 0 Å². The molecule has 0 saturated carbocycles. The van der Waals surface area contributed by atoms with Crippen LogP contribution in [0.1, 0.15) is 38.9 Å². The number of rotatable bonds is 6. The summed E-state index contributed by atoms with van der Waals surface area (Å²) in [6, 6.07) is 0.617. The maximum absolute atomic E-state index is 4.99. The SMILES string of the molecule is CCNC(=NCc1noc(C)n1)N1CCC(N(CC)CC)C1. The van der Waals surface area contributed by atoms with Crippen molar-refractivity contribution in [3.63, 3.8) is 0 Å². The van der Waals surface area contributed by atoms with Gasteiger partial charge in [-0.15, -0.1) is 0 Å². The van der Waals surface area contributed by atoms with Gasteiger partial charge in [0.15, 0.2) is 11.8 Å². The highest BCUT2D eigenvalue weighted by molar-refractivity contribution is 5.80. The standard InChI is InChI=1S/C15H28N6O/c1-5-16-15(17-10-14-18-12(4)22-19-14)21-9-8-13(11-21)20(6-2)7-3/h13H,5-11H2,1-4H3,(H,16,17). The summed E-state index contributed by atoms with van der Waals surface area (Å²) < 4.78 is 4.99. The van der Waals surface area contributed by atoms with Crippen LogP contribution < -0.4 is 5.32 Å². The largest absolute Gasteiger partial charge is 0.357 e. The van der Waals surface area contributed by atoms with Crippen molar-refractivity contribution in [2.45, 2.75) is 46.7 Å². The number of nitrogens with zero attached hydrogens (tertiary/aromatic N) is 5. The zero-order valence-corrected chi connectivity index (χ0v) is 14.2. The second kappa shape index (κ2) is 8.12. The summed E-state index contributed by atoms with van der Waals surface area (Å²) in [6.07, 6.45) is 1.19. The first-order chi connectivity index (χ1) is 10.7. The van der Waals surface area contributed by atoms with Gasteiger partial charge in [0.2, 0.25) is 5.89 Å². The number of hydrogen-bond acceptors (Lipinski definition) is 5. The van der Waals surface area contributed by atoms with Crippen molar-refractivity contribution < 1.29 is 4.52 Å². The highest BCUT2D eigenvalue weighted by Crippen LogP contribution is 2.15. The van der Waals surface area contributed by atoms with Crippen LogP contribution in [0.2, 0.25) is 0 Å². The number of hydrogen-bond donors (Lipinski definition) is 1. The number of likely N-dealkylation sites (N-methyl/N-ethyl adjacent to an activating group) is 1. The number of nitrogens with one attached hydrogen (secondary N) is 1. The maximum Gasteiger partial charge on any atom is 0.223 e.